The van der Waals surface area contributed by atoms with Gasteiger partial charge < -0.3 is 5.32 Å². The Morgan fingerprint density at radius 3 is 2.55 bits per heavy atom. The van der Waals surface area contributed by atoms with Crippen LogP contribution in [0, 0.1) is 5.82 Å². The van der Waals surface area contributed by atoms with Crippen molar-refractivity contribution in [3.05, 3.63) is 29.6 Å². The normalized spacial score (nSPS) is 13.0. The number of carbonyl (C=O) groups is 1. The van der Waals surface area contributed by atoms with Gasteiger partial charge in [0.05, 0.1) is 6.04 Å². The molecule has 1 rings (SSSR count). The van der Waals surface area contributed by atoms with Crippen molar-refractivity contribution in [3.8, 4) is 0 Å². The summed E-state index contributed by atoms with van der Waals surface area (Å²) in [7, 11) is -3.57. The molecule has 112 valence electrons. The molecule has 1 N–H and O–H groups in total. The monoisotopic (exact) mass is 301 g/mol. The van der Waals surface area contributed by atoms with Crippen LogP contribution in [-0.2, 0) is 14.6 Å². The first kappa shape index (κ1) is 16.6. The lowest BCUT2D eigenvalue weighted by molar-refractivity contribution is -0.121. The van der Waals surface area contributed by atoms with Crippen LogP contribution in [0.1, 0.15) is 44.7 Å². The number of hydrogen-bond acceptors (Lipinski definition) is 3. The molecule has 0 aliphatic rings. The molecule has 6 heteroatoms. The second-order valence-electron chi connectivity index (χ2n) is 4.85. The van der Waals surface area contributed by atoms with E-state index in [1.54, 1.807) is 6.92 Å². The van der Waals surface area contributed by atoms with Gasteiger partial charge in [0.2, 0.25) is 5.91 Å². The highest BCUT2D eigenvalue weighted by Gasteiger charge is 2.16. The van der Waals surface area contributed by atoms with Crippen molar-refractivity contribution in [2.45, 2.75) is 44.0 Å². The Labute approximate surface area is 119 Å². The summed E-state index contributed by atoms with van der Waals surface area (Å²) in [6.45, 7) is 3.73. The van der Waals surface area contributed by atoms with Gasteiger partial charge in [-0.05, 0) is 31.0 Å². The summed E-state index contributed by atoms with van der Waals surface area (Å²) in [6.07, 6.45) is 3.13. The molecule has 0 saturated heterocycles. The van der Waals surface area contributed by atoms with Crippen LogP contribution in [0.3, 0.4) is 0 Å². The first-order valence-corrected chi connectivity index (χ1v) is 8.43. The van der Waals surface area contributed by atoms with Crippen molar-refractivity contribution in [2.24, 2.45) is 0 Å². The zero-order valence-corrected chi connectivity index (χ0v) is 12.8. The summed E-state index contributed by atoms with van der Waals surface area (Å²) in [4.78, 5) is 11.3. The standard InChI is InChI=1S/C14H20FNO3S/c1-4-5-6-14(17)16-10(2)11-7-8-13(12(15)9-11)20(3,18)19/h7-10H,4-6H2,1-3H3,(H,16,17)/t10-/m0/s1. The van der Waals surface area contributed by atoms with Crippen LogP contribution < -0.4 is 5.32 Å². The number of halogens is 1. The van der Waals surface area contributed by atoms with Crippen LogP contribution in [0.25, 0.3) is 0 Å². The molecule has 0 fully saturated rings. The van der Waals surface area contributed by atoms with E-state index in [1.165, 1.54) is 12.1 Å². The average Bonchev–Trinajstić information content (AvgIpc) is 2.34. The smallest absolute Gasteiger partial charge is 0.220 e. The maximum atomic E-state index is 13.8. The van der Waals surface area contributed by atoms with E-state index in [0.717, 1.165) is 25.2 Å². The van der Waals surface area contributed by atoms with Gasteiger partial charge in [-0.25, -0.2) is 12.8 Å². The van der Waals surface area contributed by atoms with E-state index in [-0.39, 0.29) is 16.8 Å². The van der Waals surface area contributed by atoms with E-state index >= 15 is 0 Å². The van der Waals surface area contributed by atoms with Crippen molar-refractivity contribution < 1.29 is 17.6 Å². The van der Waals surface area contributed by atoms with Crippen LogP contribution in [0.15, 0.2) is 23.1 Å². The molecule has 0 aliphatic carbocycles. The van der Waals surface area contributed by atoms with E-state index in [1.807, 2.05) is 6.92 Å². The van der Waals surface area contributed by atoms with Gasteiger partial charge in [0, 0.05) is 12.7 Å². The predicted molar refractivity (Wildman–Crippen MR) is 75.6 cm³/mol. The first-order valence-electron chi connectivity index (χ1n) is 6.54. The summed E-state index contributed by atoms with van der Waals surface area (Å²) in [6, 6.07) is 3.54. The minimum Gasteiger partial charge on any atom is -0.350 e. The van der Waals surface area contributed by atoms with Gasteiger partial charge in [0.15, 0.2) is 9.84 Å². The van der Waals surface area contributed by atoms with Crippen LogP contribution >= 0.6 is 0 Å². The number of amides is 1. The van der Waals surface area contributed by atoms with Crippen molar-refractivity contribution in [1.29, 1.82) is 0 Å². The average molecular weight is 301 g/mol. The molecule has 1 aromatic rings. The predicted octanol–water partition coefficient (Wildman–Crippen LogP) is 2.60. The lowest BCUT2D eigenvalue weighted by atomic mass is 10.1. The highest BCUT2D eigenvalue weighted by atomic mass is 32.2. The third-order valence-corrected chi connectivity index (χ3v) is 4.12. The van der Waals surface area contributed by atoms with Gasteiger partial charge in [0.25, 0.3) is 0 Å². The number of hydrogen-bond donors (Lipinski definition) is 1. The fourth-order valence-electron chi connectivity index (χ4n) is 1.82. The summed E-state index contributed by atoms with van der Waals surface area (Å²) in [5.41, 5.74) is 0.541. The number of nitrogens with one attached hydrogen (secondary N) is 1. The summed E-state index contributed by atoms with van der Waals surface area (Å²) in [5.74, 6) is -0.883. The number of sulfone groups is 1. The third-order valence-electron chi connectivity index (χ3n) is 2.99. The molecule has 0 bridgehead atoms. The van der Waals surface area contributed by atoms with E-state index in [4.69, 9.17) is 0 Å². The molecule has 1 amide bonds. The topological polar surface area (TPSA) is 63.2 Å². The highest BCUT2D eigenvalue weighted by molar-refractivity contribution is 7.90. The van der Waals surface area contributed by atoms with Crippen LogP contribution in [0.2, 0.25) is 0 Å². The zero-order valence-electron chi connectivity index (χ0n) is 11.9. The molecule has 0 heterocycles. The molecule has 0 aliphatic heterocycles. The Kier molecular flexibility index (Phi) is 5.68. The van der Waals surface area contributed by atoms with Gasteiger partial charge >= 0.3 is 0 Å². The van der Waals surface area contributed by atoms with Crippen molar-refractivity contribution in [3.63, 3.8) is 0 Å². The van der Waals surface area contributed by atoms with Crippen LogP contribution in [0.4, 0.5) is 4.39 Å². The van der Waals surface area contributed by atoms with Crippen molar-refractivity contribution in [1.82, 2.24) is 5.32 Å². The molecular formula is C14H20FNO3S. The van der Waals surface area contributed by atoms with Gasteiger partial charge in [-0.2, -0.15) is 0 Å². The van der Waals surface area contributed by atoms with E-state index in [0.29, 0.717) is 12.0 Å². The van der Waals surface area contributed by atoms with Crippen molar-refractivity contribution >= 4 is 15.7 Å². The Morgan fingerprint density at radius 1 is 1.40 bits per heavy atom. The number of unbranched alkanes of at least 4 members (excludes halogenated alkanes) is 1. The molecule has 20 heavy (non-hydrogen) atoms. The molecule has 0 aromatic heterocycles. The van der Waals surface area contributed by atoms with Gasteiger partial charge in [-0.3, -0.25) is 4.79 Å². The molecular weight excluding hydrogens is 281 g/mol. The fraction of sp³-hybridized carbons (Fsp3) is 0.500. The lowest BCUT2D eigenvalue weighted by Crippen LogP contribution is -2.26. The van der Waals surface area contributed by atoms with Gasteiger partial charge in [0.1, 0.15) is 10.7 Å². The quantitative estimate of drug-likeness (QED) is 0.878. The van der Waals surface area contributed by atoms with Gasteiger partial charge in [-0.15, -0.1) is 0 Å². The number of carbonyl (C=O) groups excluding carboxylic acids is 1. The second-order valence-corrected chi connectivity index (χ2v) is 6.84. The first-order chi connectivity index (χ1) is 9.25. The minimum atomic E-state index is -3.57. The van der Waals surface area contributed by atoms with Crippen molar-refractivity contribution in [2.75, 3.05) is 6.26 Å². The summed E-state index contributed by atoms with van der Waals surface area (Å²) < 4.78 is 36.4. The number of rotatable bonds is 6. The maximum Gasteiger partial charge on any atom is 0.220 e. The Balaban J connectivity index is 2.83. The molecule has 0 unspecified atom stereocenters. The summed E-state index contributed by atoms with van der Waals surface area (Å²) in [5, 5.41) is 2.76. The van der Waals surface area contributed by atoms with Crippen LogP contribution in [0.5, 0.6) is 0 Å². The molecule has 0 radical (unpaired) electrons. The lowest BCUT2D eigenvalue weighted by Gasteiger charge is -2.15. The SMILES string of the molecule is CCCCC(=O)N[C@@H](C)c1ccc(S(C)(=O)=O)c(F)c1. The summed E-state index contributed by atoms with van der Waals surface area (Å²) >= 11 is 0. The maximum absolute atomic E-state index is 13.8. The Hall–Kier alpha value is -1.43. The van der Waals surface area contributed by atoms with Crippen LogP contribution in [-0.4, -0.2) is 20.6 Å². The fourth-order valence-corrected chi connectivity index (χ4v) is 2.55. The molecule has 0 spiro atoms. The third kappa shape index (κ3) is 4.59. The Morgan fingerprint density at radius 2 is 2.05 bits per heavy atom. The molecule has 0 saturated carbocycles. The number of benzene rings is 1. The zero-order chi connectivity index (χ0) is 15.3. The minimum absolute atomic E-state index is 0.0908. The molecule has 1 atom stereocenters. The van der Waals surface area contributed by atoms with E-state index < -0.39 is 15.7 Å². The molecule has 1 aromatic carbocycles. The highest BCUT2D eigenvalue weighted by Crippen LogP contribution is 2.20. The van der Waals surface area contributed by atoms with E-state index in [2.05, 4.69) is 5.32 Å². The van der Waals surface area contributed by atoms with E-state index in [9.17, 15) is 17.6 Å². The largest absolute Gasteiger partial charge is 0.350 e. The molecule has 4 nitrogen and oxygen atoms in total. The second kappa shape index (κ2) is 6.83. The Bertz CT molecular complexity index is 584. The van der Waals surface area contributed by atoms with Gasteiger partial charge in [-0.1, -0.05) is 19.4 Å².